The number of nitrogens with one attached hydrogen (secondary N) is 2. The Labute approximate surface area is 208 Å². The summed E-state index contributed by atoms with van der Waals surface area (Å²) < 4.78 is 2.01. The summed E-state index contributed by atoms with van der Waals surface area (Å²) in [6, 6.07) is 14.8. The maximum atomic E-state index is 4.96. The molecule has 8 heteroatoms. The van der Waals surface area contributed by atoms with Gasteiger partial charge in [0.15, 0.2) is 5.82 Å². The van der Waals surface area contributed by atoms with Gasteiger partial charge in [-0.2, -0.15) is 5.10 Å². The molecule has 36 heavy (non-hydrogen) atoms. The second-order valence-electron chi connectivity index (χ2n) is 9.58. The molecule has 0 atom stereocenters. The number of aromatic amines is 2. The predicted octanol–water partition coefficient (Wildman–Crippen LogP) is 5.26. The van der Waals surface area contributed by atoms with Crippen LogP contribution >= 0.6 is 0 Å². The van der Waals surface area contributed by atoms with Crippen molar-refractivity contribution in [3.63, 3.8) is 0 Å². The van der Waals surface area contributed by atoms with Crippen LogP contribution in [0.25, 0.3) is 50.3 Å². The zero-order chi connectivity index (χ0) is 24.1. The average molecular weight is 475 g/mol. The van der Waals surface area contributed by atoms with E-state index in [4.69, 9.17) is 4.98 Å². The first kappa shape index (κ1) is 21.0. The van der Waals surface area contributed by atoms with E-state index in [1.54, 1.807) is 0 Å². The summed E-state index contributed by atoms with van der Waals surface area (Å²) in [4.78, 5) is 19.8. The van der Waals surface area contributed by atoms with Crippen molar-refractivity contribution in [3.8, 4) is 28.3 Å². The van der Waals surface area contributed by atoms with Gasteiger partial charge in [-0.15, -0.1) is 0 Å². The second-order valence-corrected chi connectivity index (χ2v) is 9.58. The highest BCUT2D eigenvalue weighted by Crippen LogP contribution is 2.31. The van der Waals surface area contributed by atoms with Crippen LogP contribution in [0.4, 0.5) is 0 Å². The molecule has 0 amide bonds. The number of nitrogens with zero attached hydrogens (tertiary/aromatic N) is 6. The number of aryl methyl sites for hydroxylation is 1. The predicted molar refractivity (Wildman–Crippen MR) is 141 cm³/mol. The summed E-state index contributed by atoms with van der Waals surface area (Å²) in [5.41, 5.74) is 9.05. The minimum atomic E-state index is 0.735. The monoisotopic (exact) mass is 474 g/mol. The van der Waals surface area contributed by atoms with E-state index in [1.165, 1.54) is 31.5 Å². The molecule has 1 aliphatic rings. The standard InChI is InChI=1S/C28H26N8/c1-18-15-36(17-30-18)25-6-4-5-24-27(25)32-28(31-24)26-22-12-20(7-8-23(22)33-34-26)21-11-19(13-29-14-21)16-35-9-2-3-10-35/h4-8,11-15,17H,2-3,9-10,16H2,1H3,(H,31,32)(H,33,34). The van der Waals surface area contributed by atoms with Crippen molar-refractivity contribution in [2.24, 2.45) is 0 Å². The van der Waals surface area contributed by atoms with E-state index in [0.717, 1.165) is 62.5 Å². The van der Waals surface area contributed by atoms with Crippen LogP contribution in [0.1, 0.15) is 24.1 Å². The van der Waals surface area contributed by atoms with Gasteiger partial charge in [0.05, 0.1) is 28.7 Å². The molecule has 2 aromatic carbocycles. The third-order valence-corrected chi connectivity index (χ3v) is 7.00. The van der Waals surface area contributed by atoms with Crippen molar-refractivity contribution in [1.29, 1.82) is 0 Å². The molecule has 0 unspecified atom stereocenters. The molecule has 0 spiro atoms. The van der Waals surface area contributed by atoms with Crippen molar-refractivity contribution in [2.45, 2.75) is 26.3 Å². The lowest BCUT2D eigenvalue weighted by Gasteiger charge is -2.14. The Morgan fingerprint density at radius 2 is 1.89 bits per heavy atom. The number of para-hydroxylation sites is 1. The van der Waals surface area contributed by atoms with Crippen LogP contribution in [0, 0.1) is 6.92 Å². The number of hydrogen-bond acceptors (Lipinski definition) is 5. The Bertz CT molecular complexity index is 1700. The zero-order valence-electron chi connectivity index (χ0n) is 20.1. The Kier molecular flexibility index (Phi) is 4.92. The summed E-state index contributed by atoms with van der Waals surface area (Å²) in [5.74, 6) is 0.735. The van der Waals surface area contributed by atoms with Crippen molar-refractivity contribution >= 4 is 21.9 Å². The van der Waals surface area contributed by atoms with Crippen molar-refractivity contribution in [1.82, 2.24) is 39.6 Å². The molecule has 6 aromatic rings. The summed E-state index contributed by atoms with van der Waals surface area (Å²) in [7, 11) is 0. The maximum absolute atomic E-state index is 4.96. The first-order valence-electron chi connectivity index (χ1n) is 12.4. The lowest BCUT2D eigenvalue weighted by molar-refractivity contribution is 0.331. The van der Waals surface area contributed by atoms with Crippen LogP contribution in [0.15, 0.2) is 67.4 Å². The fraction of sp³-hybridized carbons (Fsp3) is 0.214. The van der Waals surface area contributed by atoms with Crippen LogP contribution in [0.5, 0.6) is 0 Å². The number of hydrogen-bond donors (Lipinski definition) is 2. The summed E-state index contributed by atoms with van der Waals surface area (Å²) in [6.45, 7) is 5.29. The van der Waals surface area contributed by atoms with Gasteiger partial charge in [-0.1, -0.05) is 12.1 Å². The zero-order valence-corrected chi connectivity index (χ0v) is 20.1. The van der Waals surface area contributed by atoms with Crippen LogP contribution in [0.2, 0.25) is 0 Å². The molecule has 178 valence electrons. The SMILES string of the molecule is Cc1cn(-c2cccc3[nH]c(-c4n[nH]c5ccc(-c6cncc(CN7CCCC7)c6)cc45)nc23)cn1. The lowest BCUT2D eigenvalue weighted by atomic mass is 10.0. The molecule has 7 rings (SSSR count). The summed E-state index contributed by atoms with van der Waals surface area (Å²) >= 11 is 0. The number of benzene rings is 2. The Balaban J connectivity index is 1.28. The smallest absolute Gasteiger partial charge is 0.159 e. The highest BCUT2D eigenvalue weighted by molar-refractivity contribution is 5.96. The number of H-pyrrole nitrogens is 2. The highest BCUT2D eigenvalue weighted by Gasteiger charge is 2.17. The first-order valence-corrected chi connectivity index (χ1v) is 12.4. The van der Waals surface area contributed by atoms with Crippen LogP contribution < -0.4 is 0 Å². The van der Waals surface area contributed by atoms with E-state index in [0.29, 0.717) is 0 Å². The molecule has 0 saturated carbocycles. The molecule has 1 fully saturated rings. The molecule has 2 N–H and O–H groups in total. The highest BCUT2D eigenvalue weighted by atomic mass is 15.1. The largest absolute Gasteiger partial charge is 0.336 e. The molecular weight excluding hydrogens is 448 g/mol. The Morgan fingerprint density at radius 1 is 0.972 bits per heavy atom. The topological polar surface area (TPSA) is 91.3 Å². The molecule has 1 aliphatic heterocycles. The van der Waals surface area contributed by atoms with Crippen molar-refractivity contribution in [2.75, 3.05) is 13.1 Å². The fourth-order valence-electron chi connectivity index (χ4n) is 5.20. The number of aromatic nitrogens is 7. The van der Waals surface area contributed by atoms with E-state index in [-0.39, 0.29) is 0 Å². The molecule has 0 bridgehead atoms. The molecule has 1 saturated heterocycles. The third kappa shape index (κ3) is 3.67. The fourth-order valence-corrected chi connectivity index (χ4v) is 5.20. The van der Waals surface area contributed by atoms with Crippen LogP contribution in [0.3, 0.4) is 0 Å². The lowest BCUT2D eigenvalue weighted by Crippen LogP contribution is -2.18. The average Bonchev–Trinajstić information content (AvgIpc) is 3.70. The second kappa shape index (κ2) is 8.42. The molecular formula is C28H26N8. The van der Waals surface area contributed by atoms with Gasteiger partial charge in [0.25, 0.3) is 0 Å². The minimum absolute atomic E-state index is 0.735. The number of rotatable bonds is 5. The first-order chi connectivity index (χ1) is 17.7. The summed E-state index contributed by atoms with van der Waals surface area (Å²) in [5, 5.41) is 8.82. The van der Waals surface area contributed by atoms with Crippen molar-refractivity contribution < 1.29 is 0 Å². The van der Waals surface area contributed by atoms with Crippen molar-refractivity contribution in [3.05, 3.63) is 78.6 Å². The van der Waals surface area contributed by atoms with E-state index >= 15 is 0 Å². The molecule has 8 nitrogen and oxygen atoms in total. The van der Waals surface area contributed by atoms with Gasteiger partial charge in [0.2, 0.25) is 0 Å². The third-order valence-electron chi connectivity index (χ3n) is 7.00. The Hall–Kier alpha value is -4.30. The number of likely N-dealkylation sites (tertiary alicyclic amines) is 1. The Morgan fingerprint density at radius 3 is 2.75 bits per heavy atom. The van der Waals surface area contributed by atoms with E-state index in [2.05, 4.69) is 60.4 Å². The van der Waals surface area contributed by atoms with Crippen LogP contribution in [-0.2, 0) is 6.54 Å². The molecule has 0 aliphatic carbocycles. The minimum Gasteiger partial charge on any atom is -0.336 e. The number of pyridine rings is 1. The van der Waals surface area contributed by atoms with E-state index in [1.807, 2.05) is 48.5 Å². The number of fused-ring (bicyclic) bond motifs is 2. The van der Waals surface area contributed by atoms with Crippen LogP contribution in [-0.4, -0.2) is 52.7 Å². The molecule has 4 aromatic heterocycles. The van der Waals surface area contributed by atoms with Gasteiger partial charge in [-0.3, -0.25) is 15.0 Å². The summed E-state index contributed by atoms with van der Waals surface area (Å²) in [6.07, 6.45) is 10.3. The van der Waals surface area contributed by atoms with Gasteiger partial charge in [0, 0.05) is 36.1 Å². The molecule has 5 heterocycles. The molecule has 0 radical (unpaired) electrons. The van der Waals surface area contributed by atoms with Gasteiger partial charge in [0.1, 0.15) is 11.2 Å². The number of imidazole rings is 2. The van der Waals surface area contributed by atoms with Gasteiger partial charge >= 0.3 is 0 Å². The quantitative estimate of drug-likeness (QED) is 0.356. The van der Waals surface area contributed by atoms with Gasteiger partial charge in [-0.05, 0) is 74.3 Å². The van der Waals surface area contributed by atoms with E-state index in [9.17, 15) is 0 Å². The maximum Gasteiger partial charge on any atom is 0.159 e. The normalized spacial score (nSPS) is 14.4. The van der Waals surface area contributed by atoms with Gasteiger partial charge in [-0.25, -0.2) is 9.97 Å². The van der Waals surface area contributed by atoms with E-state index < -0.39 is 0 Å². The van der Waals surface area contributed by atoms with Gasteiger partial charge < -0.3 is 9.55 Å².